The molecule has 0 fully saturated rings. The second-order valence-electron chi connectivity index (χ2n) is 3.72. The third-order valence-electron chi connectivity index (χ3n) is 2.53. The highest BCUT2D eigenvalue weighted by molar-refractivity contribution is 9.11. The molecular formula is C14H12Br2. The van der Waals surface area contributed by atoms with E-state index >= 15 is 0 Å². The van der Waals surface area contributed by atoms with Crippen molar-refractivity contribution in [3.63, 3.8) is 0 Å². The van der Waals surface area contributed by atoms with Crippen molar-refractivity contribution in [3.05, 3.63) is 68.6 Å². The zero-order valence-electron chi connectivity index (χ0n) is 8.79. The number of hydrogen-bond acceptors (Lipinski definition) is 0. The molecule has 2 heteroatoms. The molecule has 0 radical (unpaired) electrons. The van der Waals surface area contributed by atoms with Crippen molar-refractivity contribution in [2.24, 2.45) is 0 Å². The quantitative estimate of drug-likeness (QED) is 0.738. The number of aryl methyl sites for hydroxylation is 2. The lowest BCUT2D eigenvalue weighted by Crippen LogP contribution is -1.92. The van der Waals surface area contributed by atoms with E-state index in [-0.39, 0.29) is 0 Å². The Balaban J connectivity index is 2.08. The summed E-state index contributed by atoms with van der Waals surface area (Å²) in [7, 11) is 0. The Bertz CT molecular complexity index is 463. The van der Waals surface area contributed by atoms with Crippen LogP contribution in [0.3, 0.4) is 0 Å². The highest BCUT2D eigenvalue weighted by Crippen LogP contribution is 2.22. The number of benzene rings is 2. The van der Waals surface area contributed by atoms with Gasteiger partial charge in [-0.1, -0.05) is 62.2 Å². The van der Waals surface area contributed by atoms with Crippen LogP contribution in [-0.4, -0.2) is 0 Å². The molecule has 2 rings (SSSR count). The topological polar surface area (TPSA) is 0 Å². The monoisotopic (exact) mass is 338 g/mol. The van der Waals surface area contributed by atoms with Crippen molar-refractivity contribution in [3.8, 4) is 0 Å². The molecule has 16 heavy (non-hydrogen) atoms. The average Bonchev–Trinajstić information content (AvgIpc) is 2.32. The van der Waals surface area contributed by atoms with E-state index in [2.05, 4.69) is 80.4 Å². The van der Waals surface area contributed by atoms with Gasteiger partial charge in [0, 0.05) is 8.95 Å². The van der Waals surface area contributed by atoms with Gasteiger partial charge in [-0.25, -0.2) is 0 Å². The molecule has 0 heterocycles. The van der Waals surface area contributed by atoms with Crippen molar-refractivity contribution < 1.29 is 0 Å². The highest BCUT2D eigenvalue weighted by Gasteiger charge is 2.01. The Labute approximate surface area is 113 Å². The van der Waals surface area contributed by atoms with E-state index in [4.69, 9.17) is 0 Å². The zero-order chi connectivity index (χ0) is 11.4. The molecule has 2 aromatic rings. The summed E-state index contributed by atoms with van der Waals surface area (Å²) in [6.07, 6.45) is 2.14. The van der Waals surface area contributed by atoms with Crippen LogP contribution in [0.1, 0.15) is 11.1 Å². The van der Waals surface area contributed by atoms with Crippen LogP contribution in [-0.2, 0) is 12.8 Å². The van der Waals surface area contributed by atoms with Gasteiger partial charge < -0.3 is 0 Å². The fraction of sp³-hybridized carbons (Fsp3) is 0.143. The Morgan fingerprint density at radius 1 is 0.812 bits per heavy atom. The fourth-order valence-corrected chi connectivity index (χ4v) is 2.51. The minimum Gasteiger partial charge on any atom is -0.0622 e. The van der Waals surface area contributed by atoms with Gasteiger partial charge in [0.25, 0.3) is 0 Å². The van der Waals surface area contributed by atoms with Crippen LogP contribution in [0.25, 0.3) is 0 Å². The summed E-state index contributed by atoms with van der Waals surface area (Å²) in [5.74, 6) is 0. The lowest BCUT2D eigenvalue weighted by atomic mass is 10.0. The van der Waals surface area contributed by atoms with Gasteiger partial charge in [0.15, 0.2) is 0 Å². The average molecular weight is 340 g/mol. The summed E-state index contributed by atoms with van der Waals surface area (Å²) in [6, 6.07) is 16.9. The maximum absolute atomic E-state index is 3.58. The Kier molecular flexibility index (Phi) is 4.19. The van der Waals surface area contributed by atoms with E-state index in [1.165, 1.54) is 15.6 Å². The maximum atomic E-state index is 3.58. The minimum absolute atomic E-state index is 1.06. The molecule has 0 nitrogen and oxygen atoms in total. The fourth-order valence-electron chi connectivity index (χ4n) is 1.66. The summed E-state index contributed by atoms with van der Waals surface area (Å²) >= 11 is 7.08. The van der Waals surface area contributed by atoms with Gasteiger partial charge in [-0.2, -0.15) is 0 Å². The molecule has 0 bridgehead atoms. The molecule has 0 unspecified atom stereocenters. The molecule has 0 spiro atoms. The minimum atomic E-state index is 1.06. The van der Waals surface area contributed by atoms with Crippen LogP contribution in [0, 0.1) is 0 Å². The van der Waals surface area contributed by atoms with E-state index < -0.39 is 0 Å². The smallest absolute Gasteiger partial charge is 0.0208 e. The van der Waals surface area contributed by atoms with Gasteiger partial charge in [0.1, 0.15) is 0 Å². The molecule has 0 aliphatic rings. The van der Waals surface area contributed by atoms with E-state index in [1.807, 2.05) is 0 Å². The second-order valence-corrected chi connectivity index (χ2v) is 5.49. The molecule has 0 atom stereocenters. The molecule has 2 aromatic carbocycles. The number of rotatable bonds is 3. The zero-order valence-corrected chi connectivity index (χ0v) is 12.0. The first-order valence-electron chi connectivity index (χ1n) is 5.23. The first-order valence-corrected chi connectivity index (χ1v) is 6.82. The van der Waals surface area contributed by atoms with Gasteiger partial charge in [0.05, 0.1) is 0 Å². The third kappa shape index (κ3) is 3.19. The molecule has 0 saturated heterocycles. The third-order valence-corrected chi connectivity index (χ3v) is 3.80. The predicted octanol–water partition coefficient (Wildman–Crippen LogP) is 5.00. The first-order chi connectivity index (χ1) is 7.75. The molecule has 0 aliphatic carbocycles. The molecule has 0 aliphatic heterocycles. The SMILES string of the molecule is Brc1ccc(Br)c(CCc2ccccc2)c1. The van der Waals surface area contributed by atoms with Crippen molar-refractivity contribution in [2.45, 2.75) is 12.8 Å². The normalized spacial score (nSPS) is 10.4. The summed E-state index contributed by atoms with van der Waals surface area (Å²) < 4.78 is 2.32. The van der Waals surface area contributed by atoms with Crippen LogP contribution in [0.15, 0.2) is 57.5 Å². The molecule has 0 N–H and O–H groups in total. The number of halogens is 2. The Morgan fingerprint density at radius 3 is 2.31 bits per heavy atom. The Hall–Kier alpha value is -0.600. The summed E-state index contributed by atoms with van der Waals surface area (Å²) in [5.41, 5.74) is 2.73. The standard InChI is InChI=1S/C14H12Br2/c15-13-8-9-14(16)12(10-13)7-6-11-4-2-1-3-5-11/h1-5,8-10H,6-7H2. The van der Waals surface area contributed by atoms with Crippen molar-refractivity contribution in [2.75, 3.05) is 0 Å². The van der Waals surface area contributed by atoms with E-state index in [9.17, 15) is 0 Å². The number of hydrogen-bond donors (Lipinski definition) is 0. The van der Waals surface area contributed by atoms with Crippen molar-refractivity contribution in [1.82, 2.24) is 0 Å². The van der Waals surface area contributed by atoms with Gasteiger partial charge in [-0.05, 0) is 42.2 Å². The predicted molar refractivity (Wildman–Crippen MR) is 75.7 cm³/mol. The van der Waals surface area contributed by atoms with Crippen molar-refractivity contribution in [1.29, 1.82) is 0 Å². The molecular weight excluding hydrogens is 328 g/mol. The lowest BCUT2D eigenvalue weighted by molar-refractivity contribution is 0.953. The van der Waals surface area contributed by atoms with Crippen LogP contribution in [0.4, 0.5) is 0 Å². The lowest BCUT2D eigenvalue weighted by Gasteiger charge is -2.05. The molecule has 0 amide bonds. The van der Waals surface area contributed by atoms with Gasteiger partial charge in [0.2, 0.25) is 0 Å². The van der Waals surface area contributed by atoms with Crippen LogP contribution in [0.5, 0.6) is 0 Å². The highest BCUT2D eigenvalue weighted by atomic mass is 79.9. The van der Waals surface area contributed by atoms with Crippen LogP contribution in [0.2, 0.25) is 0 Å². The van der Waals surface area contributed by atoms with E-state index in [0.29, 0.717) is 0 Å². The summed E-state index contributed by atoms with van der Waals surface area (Å²) in [5, 5.41) is 0. The molecule has 0 saturated carbocycles. The van der Waals surface area contributed by atoms with E-state index in [0.717, 1.165) is 17.3 Å². The molecule has 0 aromatic heterocycles. The van der Waals surface area contributed by atoms with Crippen LogP contribution < -0.4 is 0 Å². The first kappa shape index (κ1) is 11.9. The largest absolute Gasteiger partial charge is 0.0622 e. The molecule has 82 valence electrons. The van der Waals surface area contributed by atoms with Gasteiger partial charge in [-0.3, -0.25) is 0 Å². The Morgan fingerprint density at radius 2 is 1.56 bits per heavy atom. The van der Waals surface area contributed by atoms with Gasteiger partial charge >= 0.3 is 0 Å². The maximum Gasteiger partial charge on any atom is 0.0208 e. The van der Waals surface area contributed by atoms with Gasteiger partial charge in [-0.15, -0.1) is 0 Å². The summed E-state index contributed by atoms with van der Waals surface area (Å²) in [6.45, 7) is 0. The van der Waals surface area contributed by atoms with Crippen molar-refractivity contribution >= 4 is 31.9 Å². The second kappa shape index (κ2) is 5.65. The van der Waals surface area contributed by atoms with Crippen LogP contribution >= 0.6 is 31.9 Å². The summed E-state index contributed by atoms with van der Waals surface area (Å²) in [4.78, 5) is 0. The van der Waals surface area contributed by atoms with E-state index in [1.54, 1.807) is 0 Å².